The molecule has 3 rings (SSSR count). The Morgan fingerprint density at radius 1 is 1.24 bits per heavy atom. The molecule has 0 unspecified atom stereocenters. The van der Waals surface area contributed by atoms with Crippen molar-refractivity contribution in [1.82, 2.24) is 10.3 Å². The van der Waals surface area contributed by atoms with E-state index in [0.717, 1.165) is 5.56 Å². The van der Waals surface area contributed by atoms with E-state index < -0.39 is 5.91 Å². The zero-order valence-electron chi connectivity index (χ0n) is 10.7. The van der Waals surface area contributed by atoms with Crippen LogP contribution in [0.5, 0.6) is 11.5 Å². The van der Waals surface area contributed by atoms with Crippen LogP contribution >= 0.6 is 23.2 Å². The van der Waals surface area contributed by atoms with Crippen molar-refractivity contribution in [3.8, 4) is 11.5 Å². The smallest absolute Gasteiger partial charge is 0.271 e. The Morgan fingerprint density at radius 2 is 2.10 bits per heavy atom. The molecule has 2 aromatic rings. The number of para-hydroxylation sites is 1. The zero-order chi connectivity index (χ0) is 14.8. The lowest BCUT2D eigenvalue weighted by Gasteiger charge is -2.08. The van der Waals surface area contributed by atoms with Crippen molar-refractivity contribution in [2.24, 2.45) is 0 Å². The Labute approximate surface area is 130 Å². The van der Waals surface area contributed by atoms with Crippen molar-refractivity contribution in [1.29, 1.82) is 0 Å². The van der Waals surface area contributed by atoms with Crippen molar-refractivity contribution in [2.45, 2.75) is 6.54 Å². The van der Waals surface area contributed by atoms with Crippen molar-refractivity contribution in [2.75, 3.05) is 6.79 Å². The third-order valence-corrected chi connectivity index (χ3v) is 3.46. The highest BCUT2D eigenvalue weighted by Gasteiger charge is 2.18. The van der Waals surface area contributed by atoms with Crippen molar-refractivity contribution < 1.29 is 14.3 Å². The number of aromatic nitrogens is 1. The summed E-state index contributed by atoms with van der Waals surface area (Å²) in [6.45, 7) is 0.456. The molecule has 108 valence electrons. The molecule has 7 heteroatoms. The van der Waals surface area contributed by atoms with Gasteiger partial charge in [-0.1, -0.05) is 35.3 Å². The van der Waals surface area contributed by atoms with Crippen LogP contribution < -0.4 is 14.8 Å². The number of pyridine rings is 1. The molecule has 5 nitrogen and oxygen atoms in total. The highest BCUT2D eigenvalue weighted by Crippen LogP contribution is 2.35. The third-order valence-electron chi connectivity index (χ3n) is 2.94. The van der Waals surface area contributed by atoms with Crippen LogP contribution in [0.2, 0.25) is 10.2 Å². The standard InChI is InChI=1S/C14H10Cl2N2O3/c15-9-4-5-11(16)18-12(9)14(19)17-6-8-2-1-3-10-13(8)21-7-20-10/h1-5H,6-7H2,(H,17,19). The number of nitrogens with zero attached hydrogens (tertiary/aromatic N) is 1. The fraction of sp³-hybridized carbons (Fsp3) is 0.143. The van der Waals surface area contributed by atoms with Crippen LogP contribution in [0.4, 0.5) is 0 Å². The summed E-state index contributed by atoms with van der Waals surface area (Å²) in [5.41, 5.74) is 0.908. The molecule has 0 bridgehead atoms. The van der Waals surface area contributed by atoms with Gasteiger partial charge in [-0.25, -0.2) is 4.98 Å². The molecule has 2 heterocycles. The number of ether oxygens (including phenoxy) is 2. The first-order chi connectivity index (χ1) is 10.1. The third kappa shape index (κ3) is 2.89. The average Bonchev–Trinajstić information content (AvgIpc) is 2.96. The first kappa shape index (κ1) is 14.0. The van der Waals surface area contributed by atoms with Crippen molar-refractivity contribution in [3.63, 3.8) is 0 Å². The number of amides is 1. The van der Waals surface area contributed by atoms with Gasteiger partial charge in [0.25, 0.3) is 5.91 Å². The van der Waals surface area contributed by atoms with Gasteiger partial charge < -0.3 is 14.8 Å². The maximum absolute atomic E-state index is 12.1. The quantitative estimate of drug-likeness (QED) is 0.881. The molecule has 0 spiro atoms. The fourth-order valence-electron chi connectivity index (χ4n) is 1.97. The number of hydrogen-bond donors (Lipinski definition) is 1. The molecule has 1 aromatic carbocycles. The second-order valence-corrected chi connectivity index (χ2v) is 5.09. The maximum atomic E-state index is 12.1. The largest absolute Gasteiger partial charge is 0.454 e. The zero-order valence-corrected chi connectivity index (χ0v) is 12.2. The molecule has 0 radical (unpaired) electrons. The van der Waals surface area contributed by atoms with E-state index in [0.29, 0.717) is 11.5 Å². The number of fused-ring (bicyclic) bond motifs is 1. The van der Waals surface area contributed by atoms with Gasteiger partial charge in [0, 0.05) is 12.1 Å². The number of benzene rings is 1. The summed E-state index contributed by atoms with van der Waals surface area (Å²) in [5.74, 6) is 0.905. The molecule has 0 fully saturated rings. The molecule has 1 amide bonds. The van der Waals surface area contributed by atoms with E-state index in [9.17, 15) is 4.79 Å². The lowest BCUT2D eigenvalue weighted by atomic mass is 10.2. The maximum Gasteiger partial charge on any atom is 0.271 e. The van der Waals surface area contributed by atoms with Gasteiger partial charge in [-0.3, -0.25) is 4.79 Å². The van der Waals surface area contributed by atoms with E-state index in [1.165, 1.54) is 12.1 Å². The second-order valence-electron chi connectivity index (χ2n) is 4.30. The molecule has 0 atom stereocenters. The van der Waals surface area contributed by atoms with Crippen LogP contribution in [0.25, 0.3) is 0 Å². The summed E-state index contributed by atoms with van der Waals surface area (Å²) in [5, 5.41) is 3.19. The topological polar surface area (TPSA) is 60.5 Å². The van der Waals surface area contributed by atoms with Crippen LogP contribution in [0.15, 0.2) is 30.3 Å². The lowest BCUT2D eigenvalue weighted by Crippen LogP contribution is -2.24. The van der Waals surface area contributed by atoms with E-state index in [4.69, 9.17) is 32.7 Å². The average molecular weight is 325 g/mol. The van der Waals surface area contributed by atoms with Gasteiger partial charge >= 0.3 is 0 Å². The van der Waals surface area contributed by atoms with Crippen molar-refractivity contribution >= 4 is 29.1 Å². The molecule has 1 aliphatic heterocycles. The van der Waals surface area contributed by atoms with E-state index in [-0.39, 0.29) is 29.2 Å². The van der Waals surface area contributed by atoms with Gasteiger partial charge in [-0.05, 0) is 18.2 Å². The summed E-state index contributed by atoms with van der Waals surface area (Å²) < 4.78 is 10.7. The van der Waals surface area contributed by atoms with Gasteiger partial charge in [-0.15, -0.1) is 0 Å². The first-order valence-electron chi connectivity index (χ1n) is 6.13. The summed E-state index contributed by atoms with van der Waals surface area (Å²) in [7, 11) is 0. The molecule has 0 aliphatic carbocycles. The van der Waals surface area contributed by atoms with Gasteiger partial charge in [0.1, 0.15) is 10.8 Å². The fourth-order valence-corrected chi connectivity index (χ4v) is 2.31. The highest BCUT2D eigenvalue weighted by molar-refractivity contribution is 6.34. The Hall–Kier alpha value is -1.98. The predicted octanol–water partition coefficient (Wildman–Crippen LogP) is 3.05. The van der Waals surface area contributed by atoms with Crippen LogP contribution in [0.3, 0.4) is 0 Å². The van der Waals surface area contributed by atoms with Crippen LogP contribution in [-0.4, -0.2) is 17.7 Å². The van der Waals surface area contributed by atoms with E-state index in [1.54, 1.807) is 0 Å². The number of halogens is 2. The molecule has 21 heavy (non-hydrogen) atoms. The first-order valence-corrected chi connectivity index (χ1v) is 6.88. The molecule has 0 saturated carbocycles. The van der Waals surface area contributed by atoms with Gasteiger partial charge in [0.2, 0.25) is 6.79 Å². The molecule has 0 saturated heterocycles. The monoisotopic (exact) mass is 324 g/mol. The minimum Gasteiger partial charge on any atom is -0.454 e. The molecular formula is C14H10Cl2N2O3. The SMILES string of the molecule is O=C(NCc1cccc2c1OCO2)c1nc(Cl)ccc1Cl. The Balaban J connectivity index is 1.75. The Bertz CT molecular complexity index is 707. The van der Waals surface area contributed by atoms with Crippen LogP contribution in [-0.2, 0) is 6.54 Å². The van der Waals surface area contributed by atoms with Gasteiger partial charge in [-0.2, -0.15) is 0 Å². The number of carbonyl (C=O) groups excluding carboxylic acids is 1. The normalized spacial score (nSPS) is 12.3. The summed E-state index contributed by atoms with van der Waals surface area (Å²) in [6.07, 6.45) is 0. The number of hydrogen-bond acceptors (Lipinski definition) is 4. The summed E-state index contributed by atoms with van der Waals surface area (Å²) in [4.78, 5) is 16.0. The van der Waals surface area contributed by atoms with Gasteiger partial charge in [0.05, 0.1) is 5.02 Å². The number of carbonyl (C=O) groups is 1. The molecular weight excluding hydrogens is 315 g/mol. The molecule has 1 N–H and O–H groups in total. The summed E-state index contributed by atoms with van der Waals surface area (Å²) in [6, 6.07) is 8.54. The van der Waals surface area contributed by atoms with Crippen LogP contribution in [0, 0.1) is 0 Å². The minimum atomic E-state index is -0.404. The van der Waals surface area contributed by atoms with E-state index in [2.05, 4.69) is 10.3 Å². The molecule has 1 aliphatic rings. The van der Waals surface area contributed by atoms with E-state index >= 15 is 0 Å². The number of nitrogens with one attached hydrogen (secondary N) is 1. The van der Waals surface area contributed by atoms with Crippen LogP contribution in [0.1, 0.15) is 16.1 Å². The van der Waals surface area contributed by atoms with Gasteiger partial charge in [0.15, 0.2) is 11.5 Å². The second kappa shape index (κ2) is 5.79. The Kier molecular flexibility index (Phi) is 3.86. The Morgan fingerprint density at radius 3 is 2.95 bits per heavy atom. The minimum absolute atomic E-state index is 0.0916. The highest BCUT2D eigenvalue weighted by atomic mass is 35.5. The lowest BCUT2D eigenvalue weighted by molar-refractivity contribution is 0.0946. The summed E-state index contributed by atoms with van der Waals surface area (Å²) >= 11 is 11.7. The predicted molar refractivity (Wildman–Crippen MR) is 78.0 cm³/mol. The van der Waals surface area contributed by atoms with E-state index in [1.807, 2.05) is 18.2 Å². The molecule has 1 aromatic heterocycles. The van der Waals surface area contributed by atoms with Crippen molar-refractivity contribution in [3.05, 3.63) is 51.8 Å². The number of rotatable bonds is 3.